The van der Waals surface area contributed by atoms with Gasteiger partial charge in [0.2, 0.25) is 0 Å². The minimum Gasteiger partial charge on any atom is -0.395 e. The molecule has 1 atom stereocenters. The van der Waals surface area contributed by atoms with Crippen LogP contribution in [0, 0.1) is 6.92 Å². The average Bonchev–Trinajstić information content (AvgIpc) is 2.48. The van der Waals surface area contributed by atoms with E-state index in [2.05, 4.69) is 0 Å². The van der Waals surface area contributed by atoms with E-state index in [4.69, 9.17) is 9.84 Å². The van der Waals surface area contributed by atoms with Crippen molar-refractivity contribution in [2.75, 3.05) is 46.5 Å². The SMILES string of the molecule is Cc1ccc(C(=O)N2CCOCC2CN(C)CCO)cc1. The molecule has 1 aromatic carbocycles. The van der Waals surface area contributed by atoms with Crippen LogP contribution in [0.2, 0.25) is 0 Å². The van der Waals surface area contributed by atoms with E-state index in [9.17, 15) is 4.79 Å². The summed E-state index contributed by atoms with van der Waals surface area (Å²) in [7, 11) is 1.94. The van der Waals surface area contributed by atoms with Gasteiger partial charge in [0.05, 0.1) is 25.9 Å². The van der Waals surface area contributed by atoms with Crippen LogP contribution in [0.3, 0.4) is 0 Å². The summed E-state index contributed by atoms with van der Waals surface area (Å²) in [5, 5.41) is 8.99. The van der Waals surface area contributed by atoms with Gasteiger partial charge in [0.1, 0.15) is 0 Å². The van der Waals surface area contributed by atoms with Crippen molar-refractivity contribution in [2.45, 2.75) is 13.0 Å². The number of hydrogen-bond acceptors (Lipinski definition) is 4. The number of hydrogen-bond donors (Lipinski definition) is 1. The van der Waals surface area contributed by atoms with Crippen molar-refractivity contribution in [1.82, 2.24) is 9.80 Å². The van der Waals surface area contributed by atoms with Gasteiger partial charge in [-0.2, -0.15) is 0 Å². The van der Waals surface area contributed by atoms with Gasteiger partial charge < -0.3 is 19.6 Å². The van der Waals surface area contributed by atoms with E-state index < -0.39 is 0 Å². The molecule has 1 heterocycles. The smallest absolute Gasteiger partial charge is 0.254 e. The molecule has 1 aromatic rings. The molecule has 1 N–H and O–H groups in total. The lowest BCUT2D eigenvalue weighted by molar-refractivity contribution is -0.0109. The number of morpholine rings is 1. The highest BCUT2D eigenvalue weighted by Crippen LogP contribution is 2.14. The number of nitrogens with zero attached hydrogens (tertiary/aromatic N) is 2. The molecular formula is C16H24N2O3. The largest absolute Gasteiger partial charge is 0.395 e. The van der Waals surface area contributed by atoms with Crippen LogP contribution < -0.4 is 0 Å². The van der Waals surface area contributed by atoms with Gasteiger partial charge in [-0.05, 0) is 26.1 Å². The molecule has 1 unspecified atom stereocenters. The Morgan fingerprint density at radius 1 is 1.43 bits per heavy atom. The van der Waals surface area contributed by atoms with E-state index >= 15 is 0 Å². The van der Waals surface area contributed by atoms with Crippen LogP contribution in [-0.4, -0.2) is 73.4 Å². The Hall–Kier alpha value is -1.43. The maximum atomic E-state index is 12.7. The first kappa shape index (κ1) is 15.9. The fourth-order valence-corrected chi connectivity index (χ4v) is 2.56. The molecule has 21 heavy (non-hydrogen) atoms. The molecule has 0 bridgehead atoms. The molecule has 1 amide bonds. The summed E-state index contributed by atoms with van der Waals surface area (Å²) in [5.74, 6) is 0.0562. The number of aliphatic hydroxyl groups excluding tert-OH is 1. The third-order valence-corrected chi connectivity index (χ3v) is 3.79. The number of likely N-dealkylation sites (N-methyl/N-ethyl adjacent to an activating group) is 1. The minimum atomic E-state index is 0.0316. The second-order valence-electron chi connectivity index (χ2n) is 5.58. The Bertz CT molecular complexity index is 461. The third kappa shape index (κ3) is 4.27. The lowest BCUT2D eigenvalue weighted by Gasteiger charge is -2.37. The predicted octanol–water partition coefficient (Wildman–Crippen LogP) is 0.760. The molecule has 0 spiro atoms. The topological polar surface area (TPSA) is 53.0 Å². The van der Waals surface area contributed by atoms with Crippen LogP contribution in [0.5, 0.6) is 0 Å². The number of rotatable bonds is 5. The number of carbonyl (C=O) groups is 1. The predicted molar refractivity (Wildman–Crippen MR) is 81.4 cm³/mol. The third-order valence-electron chi connectivity index (χ3n) is 3.79. The molecule has 5 nitrogen and oxygen atoms in total. The van der Waals surface area contributed by atoms with E-state index in [0.717, 1.165) is 11.1 Å². The fraction of sp³-hybridized carbons (Fsp3) is 0.562. The summed E-state index contributed by atoms with van der Waals surface area (Å²) in [6.45, 7) is 5.18. The summed E-state index contributed by atoms with van der Waals surface area (Å²) in [6, 6.07) is 7.70. The van der Waals surface area contributed by atoms with Gasteiger partial charge in [0.15, 0.2) is 0 Å². The van der Waals surface area contributed by atoms with E-state index in [0.29, 0.717) is 32.8 Å². The zero-order valence-corrected chi connectivity index (χ0v) is 12.8. The molecular weight excluding hydrogens is 268 g/mol. The Kier molecular flexibility index (Phi) is 5.73. The molecule has 0 aliphatic carbocycles. The van der Waals surface area contributed by atoms with Gasteiger partial charge in [-0.25, -0.2) is 0 Å². The lowest BCUT2D eigenvalue weighted by Crippen LogP contribution is -2.53. The number of ether oxygens (including phenoxy) is 1. The first-order valence-electron chi connectivity index (χ1n) is 7.36. The summed E-state index contributed by atoms with van der Waals surface area (Å²) in [5.41, 5.74) is 1.87. The van der Waals surface area contributed by atoms with Gasteiger partial charge in [-0.3, -0.25) is 4.79 Å². The Morgan fingerprint density at radius 3 is 2.81 bits per heavy atom. The summed E-state index contributed by atoms with van der Waals surface area (Å²) < 4.78 is 5.51. The molecule has 0 aromatic heterocycles. The standard InChI is InChI=1S/C16H24N2O3/c1-13-3-5-14(6-4-13)16(20)18-8-10-21-12-15(18)11-17(2)7-9-19/h3-6,15,19H,7-12H2,1-2H3. The first-order valence-corrected chi connectivity index (χ1v) is 7.36. The highest BCUT2D eigenvalue weighted by atomic mass is 16.5. The second kappa shape index (κ2) is 7.54. The van der Waals surface area contributed by atoms with Gasteiger partial charge in [-0.15, -0.1) is 0 Å². The van der Waals surface area contributed by atoms with Crippen LogP contribution in [0.15, 0.2) is 24.3 Å². The van der Waals surface area contributed by atoms with E-state index in [1.165, 1.54) is 0 Å². The van der Waals surface area contributed by atoms with Gasteiger partial charge in [0, 0.05) is 25.2 Å². The fourth-order valence-electron chi connectivity index (χ4n) is 2.56. The van der Waals surface area contributed by atoms with Crippen molar-refractivity contribution in [3.63, 3.8) is 0 Å². The van der Waals surface area contributed by atoms with E-state index in [1.807, 2.05) is 48.0 Å². The number of benzene rings is 1. The molecule has 1 aliphatic rings. The molecule has 0 saturated carbocycles. The molecule has 1 saturated heterocycles. The van der Waals surface area contributed by atoms with Gasteiger partial charge >= 0.3 is 0 Å². The van der Waals surface area contributed by atoms with Crippen molar-refractivity contribution in [2.24, 2.45) is 0 Å². The van der Waals surface area contributed by atoms with Crippen LogP contribution >= 0.6 is 0 Å². The number of amides is 1. The minimum absolute atomic E-state index is 0.0316. The van der Waals surface area contributed by atoms with Crippen molar-refractivity contribution in [3.05, 3.63) is 35.4 Å². The van der Waals surface area contributed by atoms with Crippen LogP contribution in [0.1, 0.15) is 15.9 Å². The molecule has 1 fully saturated rings. The van der Waals surface area contributed by atoms with Crippen molar-refractivity contribution >= 4 is 5.91 Å². The maximum absolute atomic E-state index is 12.7. The average molecular weight is 292 g/mol. The molecule has 5 heteroatoms. The normalized spacial score (nSPS) is 19.0. The van der Waals surface area contributed by atoms with Crippen molar-refractivity contribution < 1.29 is 14.6 Å². The van der Waals surface area contributed by atoms with Crippen LogP contribution in [-0.2, 0) is 4.74 Å². The molecule has 116 valence electrons. The van der Waals surface area contributed by atoms with Crippen molar-refractivity contribution in [3.8, 4) is 0 Å². The summed E-state index contributed by atoms with van der Waals surface area (Å²) >= 11 is 0. The lowest BCUT2D eigenvalue weighted by atomic mass is 10.1. The van der Waals surface area contributed by atoms with E-state index in [-0.39, 0.29) is 18.6 Å². The monoisotopic (exact) mass is 292 g/mol. The zero-order valence-electron chi connectivity index (χ0n) is 12.8. The number of aliphatic hydroxyl groups is 1. The zero-order chi connectivity index (χ0) is 15.2. The number of aryl methyl sites for hydroxylation is 1. The second-order valence-corrected chi connectivity index (χ2v) is 5.58. The van der Waals surface area contributed by atoms with Gasteiger partial charge in [0.25, 0.3) is 5.91 Å². The first-order chi connectivity index (χ1) is 10.1. The highest BCUT2D eigenvalue weighted by molar-refractivity contribution is 5.94. The summed E-state index contributed by atoms with van der Waals surface area (Å²) in [4.78, 5) is 16.6. The molecule has 0 radical (unpaired) electrons. The Balaban J connectivity index is 2.06. The molecule has 1 aliphatic heterocycles. The number of carbonyl (C=O) groups excluding carboxylic acids is 1. The Labute approximate surface area is 126 Å². The van der Waals surface area contributed by atoms with Crippen LogP contribution in [0.25, 0.3) is 0 Å². The quantitative estimate of drug-likeness (QED) is 0.870. The maximum Gasteiger partial charge on any atom is 0.254 e. The van der Waals surface area contributed by atoms with Gasteiger partial charge in [-0.1, -0.05) is 17.7 Å². The Morgan fingerprint density at radius 2 is 2.14 bits per heavy atom. The summed E-state index contributed by atoms with van der Waals surface area (Å²) in [6.07, 6.45) is 0. The van der Waals surface area contributed by atoms with Crippen molar-refractivity contribution in [1.29, 1.82) is 0 Å². The molecule has 2 rings (SSSR count). The van der Waals surface area contributed by atoms with E-state index in [1.54, 1.807) is 0 Å². The van der Waals surface area contributed by atoms with Crippen LogP contribution in [0.4, 0.5) is 0 Å². The highest BCUT2D eigenvalue weighted by Gasteiger charge is 2.28.